The fourth-order valence-electron chi connectivity index (χ4n) is 4.15. The quantitative estimate of drug-likeness (QED) is 0.326. The van der Waals surface area contributed by atoms with E-state index in [1.54, 1.807) is 12.1 Å². The second-order valence-corrected chi connectivity index (χ2v) is 8.72. The second kappa shape index (κ2) is 8.39. The molecule has 0 fully saturated rings. The number of carbonyl (C=O) groups excluding carboxylic acids is 1. The van der Waals surface area contributed by atoms with Gasteiger partial charge in [-0.2, -0.15) is 4.98 Å². The van der Waals surface area contributed by atoms with Crippen LogP contribution in [-0.2, 0) is 10.5 Å². The van der Waals surface area contributed by atoms with Crippen LogP contribution in [0.15, 0.2) is 58.9 Å². The van der Waals surface area contributed by atoms with E-state index >= 15 is 0 Å². The molecule has 0 unspecified atom stereocenters. The first-order chi connectivity index (χ1) is 15.9. The Labute approximate surface area is 190 Å². The van der Waals surface area contributed by atoms with Gasteiger partial charge in [0.1, 0.15) is 17.7 Å². The lowest BCUT2D eigenvalue weighted by atomic mass is 9.85. The maximum Gasteiger partial charge on any atom is 0.269 e. The molecule has 0 saturated carbocycles. The normalized spacial score (nSPS) is 17.4. The van der Waals surface area contributed by atoms with Gasteiger partial charge >= 0.3 is 0 Å². The molecule has 1 aliphatic heterocycles. The number of aromatic nitrogens is 3. The summed E-state index contributed by atoms with van der Waals surface area (Å²) in [5.74, 6) is -0.812. The molecule has 3 aromatic rings. The van der Waals surface area contributed by atoms with Gasteiger partial charge in [-0.05, 0) is 36.1 Å². The van der Waals surface area contributed by atoms with E-state index in [4.69, 9.17) is 0 Å². The first-order valence-electron chi connectivity index (χ1n) is 10.2. The van der Waals surface area contributed by atoms with Crippen LogP contribution in [-0.4, -0.2) is 25.5 Å². The topological polar surface area (TPSA) is 103 Å². The average molecular weight is 469 g/mol. The summed E-state index contributed by atoms with van der Waals surface area (Å²) in [6, 6.07) is 8.67. The van der Waals surface area contributed by atoms with Crippen molar-refractivity contribution in [1.29, 1.82) is 0 Å². The molecule has 1 aliphatic carbocycles. The monoisotopic (exact) mass is 469 g/mol. The summed E-state index contributed by atoms with van der Waals surface area (Å²) >= 11 is 1.27. The van der Waals surface area contributed by atoms with Crippen molar-refractivity contribution in [3.63, 3.8) is 0 Å². The maximum absolute atomic E-state index is 14.0. The van der Waals surface area contributed by atoms with Gasteiger partial charge in [-0.15, -0.1) is 5.10 Å². The molecule has 0 saturated heterocycles. The third-order valence-electron chi connectivity index (χ3n) is 5.54. The van der Waals surface area contributed by atoms with E-state index in [9.17, 15) is 23.7 Å². The Morgan fingerprint density at radius 1 is 1.18 bits per heavy atom. The van der Waals surface area contributed by atoms with Gasteiger partial charge in [0.2, 0.25) is 11.1 Å². The molecule has 168 valence electrons. The first kappa shape index (κ1) is 21.3. The predicted molar refractivity (Wildman–Crippen MR) is 117 cm³/mol. The Morgan fingerprint density at radius 2 is 1.97 bits per heavy atom. The van der Waals surface area contributed by atoms with E-state index in [0.29, 0.717) is 47.4 Å². The number of carbonyl (C=O) groups is 1. The number of anilines is 1. The van der Waals surface area contributed by atoms with Gasteiger partial charge in [-0.25, -0.2) is 13.5 Å². The van der Waals surface area contributed by atoms with E-state index in [2.05, 4.69) is 15.4 Å². The molecular weight excluding hydrogens is 452 g/mol. The Hall–Kier alpha value is -3.60. The molecule has 1 N–H and O–H groups in total. The molecule has 2 aliphatic rings. The van der Waals surface area contributed by atoms with Gasteiger partial charge in [0.25, 0.3) is 5.69 Å². The number of non-ortho nitro benzene ring substituents is 1. The zero-order chi connectivity index (χ0) is 23.1. The van der Waals surface area contributed by atoms with Crippen LogP contribution < -0.4 is 5.32 Å². The van der Waals surface area contributed by atoms with Crippen molar-refractivity contribution < 1.29 is 18.5 Å². The number of Topliss-reactive ketones (excluding diaryl/α,β-unsaturated/α-hetero) is 1. The fourth-order valence-corrected chi connectivity index (χ4v) is 4.92. The number of nitro benzene ring substituents is 1. The number of nitrogens with zero attached hydrogens (tertiary/aromatic N) is 4. The standard InChI is InChI=1S/C22H17F2N5O3S/c23-14-8-13(9-15(24)10-14)20-19-17(5-2-6-18(19)30)25-21-26-22(27-28(20)21)33-11-12-3-1-4-16(7-12)29(31)32/h1,3-4,7-10,20H,2,5-6,11H2,(H,25,26,27)/t20-/m0/s1. The lowest BCUT2D eigenvalue weighted by molar-refractivity contribution is -0.384. The number of fused-ring (bicyclic) bond motifs is 1. The lowest BCUT2D eigenvalue weighted by Crippen LogP contribution is -2.31. The third-order valence-corrected chi connectivity index (χ3v) is 6.45. The number of halogens is 2. The van der Waals surface area contributed by atoms with Crippen molar-refractivity contribution in [3.05, 3.63) is 86.6 Å². The molecule has 1 atom stereocenters. The van der Waals surface area contributed by atoms with Crippen molar-refractivity contribution >= 4 is 29.2 Å². The summed E-state index contributed by atoms with van der Waals surface area (Å²) in [6.07, 6.45) is 1.66. The van der Waals surface area contributed by atoms with Crippen LogP contribution in [0.25, 0.3) is 0 Å². The van der Waals surface area contributed by atoms with Crippen molar-refractivity contribution in [2.75, 3.05) is 5.32 Å². The second-order valence-electron chi connectivity index (χ2n) is 7.78. The molecule has 0 amide bonds. The molecular formula is C22H17F2N5O3S. The average Bonchev–Trinajstić information content (AvgIpc) is 3.18. The zero-order valence-electron chi connectivity index (χ0n) is 17.1. The number of thioether (sulfide) groups is 1. The van der Waals surface area contributed by atoms with Crippen LogP contribution in [0.2, 0.25) is 0 Å². The molecule has 1 aromatic heterocycles. The van der Waals surface area contributed by atoms with E-state index < -0.39 is 22.6 Å². The van der Waals surface area contributed by atoms with Gasteiger partial charge in [0.05, 0.1) is 4.92 Å². The van der Waals surface area contributed by atoms with Gasteiger partial charge < -0.3 is 5.32 Å². The minimum absolute atomic E-state index is 0.00422. The van der Waals surface area contributed by atoms with Gasteiger partial charge in [0.15, 0.2) is 5.78 Å². The number of nitrogens with one attached hydrogen (secondary N) is 1. The highest BCUT2D eigenvalue weighted by Gasteiger charge is 2.37. The van der Waals surface area contributed by atoms with E-state index in [-0.39, 0.29) is 17.0 Å². The number of hydrogen-bond acceptors (Lipinski definition) is 7. The molecule has 2 heterocycles. The molecule has 0 bridgehead atoms. The van der Waals surface area contributed by atoms with Crippen LogP contribution in [0.5, 0.6) is 0 Å². The van der Waals surface area contributed by atoms with E-state index in [1.165, 1.54) is 40.7 Å². The maximum atomic E-state index is 14.0. The minimum atomic E-state index is -0.797. The van der Waals surface area contributed by atoms with Crippen LogP contribution in [0.4, 0.5) is 20.4 Å². The van der Waals surface area contributed by atoms with Gasteiger partial charge in [0, 0.05) is 41.6 Å². The molecule has 5 rings (SSSR count). The molecule has 0 spiro atoms. The Morgan fingerprint density at radius 3 is 2.73 bits per heavy atom. The molecule has 11 heteroatoms. The summed E-state index contributed by atoms with van der Waals surface area (Å²) in [7, 11) is 0. The van der Waals surface area contributed by atoms with Crippen LogP contribution >= 0.6 is 11.8 Å². The lowest BCUT2D eigenvalue weighted by Gasteiger charge is -2.32. The van der Waals surface area contributed by atoms with Gasteiger partial charge in [-0.3, -0.25) is 14.9 Å². The molecule has 33 heavy (non-hydrogen) atoms. The minimum Gasteiger partial charge on any atom is -0.328 e. The predicted octanol–water partition coefficient (Wildman–Crippen LogP) is 4.78. The van der Waals surface area contributed by atoms with E-state index in [1.807, 2.05) is 0 Å². The summed E-state index contributed by atoms with van der Waals surface area (Å²) < 4.78 is 29.5. The van der Waals surface area contributed by atoms with Gasteiger partial charge in [-0.1, -0.05) is 23.9 Å². The Balaban J connectivity index is 1.50. The number of nitro groups is 1. The van der Waals surface area contributed by atoms with Crippen LogP contribution in [0.1, 0.15) is 36.4 Å². The number of benzene rings is 2. The van der Waals surface area contributed by atoms with Crippen molar-refractivity contribution in [1.82, 2.24) is 14.8 Å². The molecule has 0 radical (unpaired) electrons. The summed E-state index contributed by atoms with van der Waals surface area (Å²) in [6.45, 7) is 0. The SMILES string of the molecule is O=C1CCCC2=C1[C@H](c1cc(F)cc(F)c1)n1nc(SCc3cccc([N+](=O)[O-])c3)nc1N2. The zero-order valence-corrected chi connectivity index (χ0v) is 17.9. The van der Waals surface area contributed by atoms with Crippen molar-refractivity contribution in [2.45, 2.75) is 36.2 Å². The smallest absolute Gasteiger partial charge is 0.269 e. The highest BCUT2D eigenvalue weighted by molar-refractivity contribution is 7.98. The molecule has 2 aromatic carbocycles. The van der Waals surface area contributed by atoms with Crippen LogP contribution in [0.3, 0.4) is 0 Å². The molecule has 8 nitrogen and oxygen atoms in total. The fraction of sp³-hybridized carbons (Fsp3) is 0.227. The number of hydrogen-bond donors (Lipinski definition) is 1. The largest absolute Gasteiger partial charge is 0.328 e. The van der Waals surface area contributed by atoms with Crippen LogP contribution in [0, 0.1) is 21.7 Å². The number of allylic oxidation sites excluding steroid dienone is 2. The Bertz CT molecular complexity index is 1300. The third kappa shape index (κ3) is 4.11. The summed E-state index contributed by atoms with van der Waals surface area (Å²) in [4.78, 5) is 27.8. The van der Waals surface area contributed by atoms with Crippen molar-refractivity contribution in [2.24, 2.45) is 0 Å². The highest BCUT2D eigenvalue weighted by atomic mass is 32.2. The summed E-state index contributed by atoms with van der Waals surface area (Å²) in [5.41, 5.74) is 2.13. The van der Waals surface area contributed by atoms with E-state index in [0.717, 1.165) is 11.6 Å². The summed E-state index contributed by atoms with van der Waals surface area (Å²) in [5, 5.41) is 19.0. The number of ketones is 1. The van der Waals surface area contributed by atoms with Crippen molar-refractivity contribution in [3.8, 4) is 0 Å². The highest BCUT2D eigenvalue weighted by Crippen LogP contribution is 2.41. The number of rotatable bonds is 5. The Kier molecular flexibility index (Phi) is 5.41. The first-order valence-corrected chi connectivity index (χ1v) is 11.2.